The number of rotatable bonds is 10. The van der Waals surface area contributed by atoms with Gasteiger partial charge in [-0.1, -0.05) is 0 Å². The summed E-state index contributed by atoms with van der Waals surface area (Å²) in [5.74, 6) is 0.360. The molecule has 1 aromatic heterocycles. The van der Waals surface area contributed by atoms with Crippen molar-refractivity contribution in [3.05, 3.63) is 17.7 Å². The van der Waals surface area contributed by atoms with Gasteiger partial charge >= 0.3 is 5.97 Å². The summed E-state index contributed by atoms with van der Waals surface area (Å²) < 4.78 is 22.0. The molecule has 114 valence electrons. The lowest BCUT2D eigenvalue weighted by molar-refractivity contribution is 0.0227. The number of nitrogens with zero attached hydrogens (tertiary/aromatic N) is 2. The molecule has 1 aromatic rings. The van der Waals surface area contributed by atoms with Crippen molar-refractivity contribution in [1.29, 1.82) is 0 Å². The average molecular weight is 286 g/mol. The van der Waals surface area contributed by atoms with Gasteiger partial charge in [-0.05, 0) is 6.92 Å². The van der Waals surface area contributed by atoms with Crippen LogP contribution in [-0.4, -0.2) is 62.8 Å². The van der Waals surface area contributed by atoms with Gasteiger partial charge in [-0.2, -0.15) is 0 Å². The smallest absolute Gasteiger partial charge is 0.356 e. The standard InChI is InChI=1S/C13H22N2O5/c1-11-14-10-12(13(16)18-3)15(11)4-5-19-8-9-20-7-6-17-2/h10H,4-9H2,1-3H3. The first kappa shape index (κ1) is 16.6. The summed E-state index contributed by atoms with van der Waals surface area (Å²) in [6, 6.07) is 0. The van der Waals surface area contributed by atoms with Crippen LogP contribution in [-0.2, 0) is 25.5 Å². The van der Waals surface area contributed by atoms with E-state index in [4.69, 9.17) is 18.9 Å². The van der Waals surface area contributed by atoms with Crippen LogP contribution in [0.15, 0.2) is 6.20 Å². The van der Waals surface area contributed by atoms with Crippen LogP contribution in [0.4, 0.5) is 0 Å². The fourth-order valence-corrected chi connectivity index (χ4v) is 1.64. The molecule has 0 atom stereocenters. The van der Waals surface area contributed by atoms with Crippen molar-refractivity contribution in [2.24, 2.45) is 0 Å². The van der Waals surface area contributed by atoms with E-state index in [0.29, 0.717) is 45.3 Å². The van der Waals surface area contributed by atoms with Gasteiger partial charge in [0.1, 0.15) is 11.5 Å². The van der Waals surface area contributed by atoms with Crippen molar-refractivity contribution in [2.45, 2.75) is 13.5 Å². The summed E-state index contributed by atoms with van der Waals surface area (Å²) in [4.78, 5) is 15.6. The Morgan fingerprint density at radius 3 is 2.45 bits per heavy atom. The maximum Gasteiger partial charge on any atom is 0.356 e. The Kier molecular flexibility index (Phi) is 7.86. The molecule has 1 rings (SSSR count). The van der Waals surface area contributed by atoms with Crippen molar-refractivity contribution < 1.29 is 23.7 Å². The second-order valence-electron chi connectivity index (χ2n) is 4.05. The molecule has 0 N–H and O–H groups in total. The number of ether oxygens (including phenoxy) is 4. The highest BCUT2D eigenvalue weighted by atomic mass is 16.5. The fourth-order valence-electron chi connectivity index (χ4n) is 1.64. The third-order valence-corrected chi connectivity index (χ3v) is 2.71. The molecule has 0 saturated carbocycles. The first-order chi connectivity index (χ1) is 9.70. The molecule has 0 saturated heterocycles. The van der Waals surface area contributed by atoms with Gasteiger partial charge in [0.15, 0.2) is 0 Å². The van der Waals surface area contributed by atoms with Crippen LogP contribution in [0.2, 0.25) is 0 Å². The molecule has 0 unspecified atom stereocenters. The number of hydrogen-bond acceptors (Lipinski definition) is 6. The molecule has 20 heavy (non-hydrogen) atoms. The van der Waals surface area contributed by atoms with Crippen molar-refractivity contribution in [3.8, 4) is 0 Å². The minimum absolute atomic E-state index is 0.395. The minimum atomic E-state index is -0.395. The minimum Gasteiger partial charge on any atom is -0.464 e. The third-order valence-electron chi connectivity index (χ3n) is 2.71. The zero-order valence-electron chi connectivity index (χ0n) is 12.3. The monoisotopic (exact) mass is 286 g/mol. The number of hydrogen-bond donors (Lipinski definition) is 0. The normalized spacial score (nSPS) is 10.8. The van der Waals surface area contributed by atoms with E-state index >= 15 is 0 Å². The van der Waals surface area contributed by atoms with Gasteiger partial charge in [-0.15, -0.1) is 0 Å². The lowest BCUT2D eigenvalue weighted by Gasteiger charge is -2.10. The van der Waals surface area contributed by atoms with E-state index in [1.54, 1.807) is 11.7 Å². The number of methoxy groups -OCH3 is 2. The maximum atomic E-state index is 11.5. The van der Waals surface area contributed by atoms with Gasteiger partial charge < -0.3 is 23.5 Å². The van der Waals surface area contributed by atoms with Gasteiger partial charge in [0.2, 0.25) is 0 Å². The Morgan fingerprint density at radius 2 is 1.80 bits per heavy atom. The maximum absolute atomic E-state index is 11.5. The average Bonchev–Trinajstić information content (AvgIpc) is 2.82. The predicted molar refractivity (Wildman–Crippen MR) is 71.8 cm³/mol. The van der Waals surface area contributed by atoms with Crippen LogP contribution >= 0.6 is 0 Å². The largest absolute Gasteiger partial charge is 0.464 e. The number of carbonyl (C=O) groups excluding carboxylic acids is 1. The number of aromatic nitrogens is 2. The Labute approximate surface area is 118 Å². The lowest BCUT2D eigenvalue weighted by Crippen LogP contribution is -2.16. The van der Waals surface area contributed by atoms with Crippen LogP contribution < -0.4 is 0 Å². The molecular weight excluding hydrogens is 264 g/mol. The summed E-state index contributed by atoms with van der Waals surface area (Å²) in [6.45, 7) is 5.04. The number of esters is 1. The molecule has 0 aliphatic rings. The summed E-state index contributed by atoms with van der Waals surface area (Å²) >= 11 is 0. The second-order valence-corrected chi connectivity index (χ2v) is 4.05. The summed E-state index contributed by atoms with van der Waals surface area (Å²) in [5, 5.41) is 0. The molecular formula is C13H22N2O5. The molecule has 0 spiro atoms. The zero-order chi connectivity index (χ0) is 14.8. The Bertz CT molecular complexity index is 405. The van der Waals surface area contributed by atoms with Crippen molar-refractivity contribution in [2.75, 3.05) is 47.3 Å². The van der Waals surface area contributed by atoms with Crippen molar-refractivity contribution >= 4 is 5.97 Å². The molecule has 0 aliphatic heterocycles. The SMILES string of the molecule is COCCOCCOCCn1c(C(=O)OC)cnc1C. The molecule has 1 heterocycles. The van der Waals surface area contributed by atoms with Gasteiger partial charge in [-0.25, -0.2) is 9.78 Å². The Hall–Kier alpha value is -1.44. The summed E-state index contributed by atoms with van der Waals surface area (Å²) in [7, 11) is 2.98. The second kappa shape index (κ2) is 9.46. The first-order valence-electron chi connectivity index (χ1n) is 6.45. The van der Waals surface area contributed by atoms with E-state index in [9.17, 15) is 4.79 Å². The topological polar surface area (TPSA) is 71.8 Å². The number of carbonyl (C=O) groups is 1. The van der Waals surface area contributed by atoms with E-state index < -0.39 is 5.97 Å². The van der Waals surface area contributed by atoms with E-state index in [1.165, 1.54) is 13.3 Å². The van der Waals surface area contributed by atoms with Crippen LogP contribution in [0.5, 0.6) is 0 Å². The van der Waals surface area contributed by atoms with Crippen LogP contribution in [0, 0.1) is 6.92 Å². The molecule has 0 fully saturated rings. The number of imidazole rings is 1. The van der Waals surface area contributed by atoms with Crippen LogP contribution in [0.3, 0.4) is 0 Å². The number of aryl methyl sites for hydroxylation is 1. The third kappa shape index (κ3) is 5.28. The van der Waals surface area contributed by atoms with Gasteiger partial charge in [0, 0.05) is 13.7 Å². The molecule has 7 heteroatoms. The highest BCUT2D eigenvalue weighted by Gasteiger charge is 2.14. The van der Waals surface area contributed by atoms with Gasteiger partial charge in [-0.3, -0.25) is 0 Å². The van der Waals surface area contributed by atoms with Crippen LogP contribution in [0.25, 0.3) is 0 Å². The zero-order valence-corrected chi connectivity index (χ0v) is 12.3. The molecule has 0 bridgehead atoms. The summed E-state index contributed by atoms with van der Waals surface area (Å²) in [5.41, 5.74) is 0.435. The van der Waals surface area contributed by atoms with Crippen molar-refractivity contribution in [3.63, 3.8) is 0 Å². The van der Waals surface area contributed by atoms with E-state index in [2.05, 4.69) is 4.98 Å². The molecule has 0 aromatic carbocycles. The fraction of sp³-hybridized carbons (Fsp3) is 0.692. The first-order valence-corrected chi connectivity index (χ1v) is 6.45. The van der Waals surface area contributed by atoms with Crippen molar-refractivity contribution in [1.82, 2.24) is 9.55 Å². The summed E-state index contributed by atoms with van der Waals surface area (Å²) in [6.07, 6.45) is 1.51. The van der Waals surface area contributed by atoms with Gasteiger partial charge in [0.25, 0.3) is 0 Å². The molecule has 0 aliphatic carbocycles. The van der Waals surface area contributed by atoms with E-state index in [1.807, 2.05) is 6.92 Å². The highest BCUT2D eigenvalue weighted by molar-refractivity contribution is 5.87. The quantitative estimate of drug-likeness (QED) is 0.465. The van der Waals surface area contributed by atoms with E-state index in [0.717, 1.165) is 5.82 Å². The lowest BCUT2D eigenvalue weighted by atomic mass is 10.4. The predicted octanol–water partition coefficient (Wildman–Crippen LogP) is 0.658. The Balaban J connectivity index is 2.25. The van der Waals surface area contributed by atoms with E-state index in [-0.39, 0.29) is 0 Å². The highest BCUT2D eigenvalue weighted by Crippen LogP contribution is 2.06. The Morgan fingerprint density at radius 1 is 1.15 bits per heavy atom. The van der Waals surface area contributed by atoms with Gasteiger partial charge in [0.05, 0.1) is 46.3 Å². The molecule has 0 radical (unpaired) electrons. The van der Waals surface area contributed by atoms with Crippen LogP contribution in [0.1, 0.15) is 16.3 Å². The molecule has 0 amide bonds. The molecule has 7 nitrogen and oxygen atoms in total.